The Balaban J connectivity index is 1.04. The van der Waals surface area contributed by atoms with Crippen LogP contribution >= 0.6 is 11.6 Å². The number of hydrogen-bond acceptors (Lipinski definition) is 7. The number of amides is 1. The number of anilines is 1. The lowest BCUT2D eigenvalue weighted by Gasteiger charge is -2.34. The van der Waals surface area contributed by atoms with Gasteiger partial charge in [0.05, 0.1) is 28.0 Å². The molecule has 0 saturated carbocycles. The van der Waals surface area contributed by atoms with Gasteiger partial charge < -0.3 is 18.9 Å². The van der Waals surface area contributed by atoms with Crippen LogP contribution in [0.3, 0.4) is 0 Å². The molecule has 1 amide bonds. The van der Waals surface area contributed by atoms with Gasteiger partial charge in [-0.3, -0.25) is 14.4 Å². The molecule has 2 aromatic heterocycles. The second-order valence-corrected chi connectivity index (χ2v) is 14.2. The molecule has 0 unspecified atom stereocenters. The molecule has 0 aliphatic carbocycles. The topological polar surface area (TPSA) is 106 Å². The number of pyridine rings is 1. The van der Waals surface area contributed by atoms with Crippen molar-refractivity contribution in [2.45, 2.75) is 23.8 Å². The Morgan fingerprint density at radius 1 is 0.887 bits per heavy atom. The largest absolute Gasteiger partial charge is 0.484 e. The third-order valence-electron chi connectivity index (χ3n) is 8.39. The summed E-state index contributed by atoms with van der Waals surface area (Å²) in [5, 5.41) is 0.203. The van der Waals surface area contributed by atoms with E-state index in [1.807, 2.05) is 0 Å². The van der Waals surface area contributed by atoms with E-state index in [2.05, 4.69) is 14.6 Å². The monoisotopic (exact) mass is 781 g/mol. The molecule has 0 spiro atoms. The number of rotatable bonds is 10. The van der Waals surface area contributed by atoms with E-state index >= 15 is 0 Å². The standard InChI is InChI=1S/C35H30ClF6N5O5S/c1-45-29-18-27(52-32-11-6-25(19-43-32)44-53(49,50)31-10-5-24(17-28(31)36)35(40,41)42)9-4-23(29)16-30(45)33(48)47-14-12-46(13-15-47)20-22-2-7-26(8-3-22)51-21-34(37,38)39/h2-11,16-19,44H,12-15,20-21H2,1H3. The first-order valence-corrected chi connectivity index (χ1v) is 17.7. The van der Waals surface area contributed by atoms with Gasteiger partial charge >= 0.3 is 12.4 Å². The molecule has 0 bridgehead atoms. The first-order chi connectivity index (χ1) is 24.9. The number of fused-ring (bicyclic) bond motifs is 1. The quantitative estimate of drug-likeness (QED) is 0.145. The molecule has 18 heteroatoms. The minimum Gasteiger partial charge on any atom is -0.484 e. The van der Waals surface area contributed by atoms with Gasteiger partial charge in [0.15, 0.2) is 6.61 Å². The van der Waals surface area contributed by atoms with Crippen molar-refractivity contribution >= 4 is 44.1 Å². The van der Waals surface area contributed by atoms with Crippen LogP contribution in [-0.2, 0) is 29.8 Å². The predicted molar refractivity (Wildman–Crippen MR) is 184 cm³/mol. The van der Waals surface area contributed by atoms with Crippen molar-refractivity contribution in [1.29, 1.82) is 0 Å². The highest BCUT2D eigenvalue weighted by Crippen LogP contribution is 2.34. The molecule has 1 aliphatic rings. The number of nitrogens with zero attached hydrogens (tertiary/aromatic N) is 4. The van der Waals surface area contributed by atoms with E-state index in [1.54, 1.807) is 52.9 Å². The Hall–Kier alpha value is -5.00. The number of aryl methyl sites for hydroxylation is 1. The fourth-order valence-electron chi connectivity index (χ4n) is 5.69. The summed E-state index contributed by atoms with van der Waals surface area (Å²) in [5.74, 6) is 0.505. The molecule has 3 heterocycles. The van der Waals surface area contributed by atoms with E-state index < -0.39 is 44.5 Å². The lowest BCUT2D eigenvalue weighted by atomic mass is 10.2. The van der Waals surface area contributed by atoms with E-state index in [-0.39, 0.29) is 23.2 Å². The van der Waals surface area contributed by atoms with Gasteiger partial charge in [-0.25, -0.2) is 13.4 Å². The molecule has 1 fully saturated rings. The Kier molecular flexibility index (Phi) is 10.5. The molecule has 6 rings (SSSR count). The molecular formula is C35H30ClF6N5O5S. The molecule has 1 saturated heterocycles. The molecule has 1 N–H and O–H groups in total. The third-order valence-corrected chi connectivity index (χ3v) is 10.3. The van der Waals surface area contributed by atoms with Crippen molar-refractivity contribution in [2.75, 3.05) is 37.5 Å². The number of carbonyl (C=O) groups is 1. The van der Waals surface area contributed by atoms with E-state index in [9.17, 15) is 39.6 Å². The van der Waals surface area contributed by atoms with Gasteiger partial charge in [-0.2, -0.15) is 26.3 Å². The summed E-state index contributed by atoms with van der Waals surface area (Å²) in [7, 11) is -2.58. The van der Waals surface area contributed by atoms with Crippen molar-refractivity contribution in [1.82, 2.24) is 19.4 Å². The van der Waals surface area contributed by atoms with Gasteiger partial charge in [0.1, 0.15) is 22.1 Å². The number of alkyl halides is 6. The average Bonchev–Trinajstić information content (AvgIpc) is 3.43. The molecule has 0 atom stereocenters. The number of hydrogen-bond donors (Lipinski definition) is 1. The van der Waals surface area contributed by atoms with Crippen LogP contribution in [0.2, 0.25) is 5.02 Å². The maximum absolute atomic E-state index is 13.5. The lowest BCUT2D eigenvalue weighted by molar-refractivity contribution is -0.153. The Labute approximate surface area is 304 Å². The third kappa shape index (κ3) is 9.15. The maximum Gasteiger partial charge on any atom is 0.422 e. The maximum atomic E-state index is 13.5. The van der Waals surface area contributed by atoms with E-state index in [1.165, 1.54) is 30.5 Å². The fourth-order valence-corrected chi connectivity index (χ4v) is 7.28. The van der Waals surface area contributed by atoms with Crippen LogP contribution in [-0.4, -0.2) is 72.6 Å². The molecule has 53 heavy (non-hydrogen) atoms. The van der Waals surface area contributed by atoms with Crippen LogP contribution in [0, 0.1) is 0 Å². The summed E-state index contributed by atoms with van der Waals surface area (Å²) in [6.45, 7) is 1.40. The van der Waals surface area contributed by atoms with Crippen molar-refractivity contribution < 1.29 is 49.0 Å². The number of sulfonamides is 1. The highest BCUT2D eigenvalue weighted by Gasteiger charge is 2.32. The first kappa shape index (κ1) is 37.7. The number of halogens is 7. The molecule has 0 radical (unpaired) electrons. The Bertz CT molecular complexity index is 2220. The van der Waals surface area contributed by atoms with Gasteiger partial charge in [0, 0.05) is 57.3 Å². The molecular weight excluding hydrogens is 752 g/mol. The molecule has 10 nitrogen and oxygen atoms in total. The van der Waals surface area contributed by atoms with Gasteiger partial charge in [-0.1, -0.05) is 23.7 Å². The first-order valence-electron chi connectivity index (χ1n) is 15.9. The van der Waals surface area contributed by atoms with Crippen molar-refractivity contribution in [3.8, 4) is 17.4 Å². The van der Waals surface area contributed by atoms with Crippen LogP contribution in [0.25, 0.3) is 10.9 Å². The number of nitrogens with one attached hydrogen (secondary N) is 1. The summed E-state index contributed by atoms with van der Waals surface area (Å²) in [5.41, 5.74) is 1.03. The van der Waals surface area contributed by atoms with Crippen LogP contribution in [0.15, 0.2) is 90.0 Å². The zero-order chi connectivity index (χ0) is 38.1. The molecule has 5 aromatic rings. The van der Waals surface area contributed by atoms with E-state index in [0.29, 0.717) is 61.8 Å². The molecule has 3 aromatic carbocycles. The Morgan fingerprint density at radius 3 is 2.21 bits per heavy atom. The summed E-state index contributed by atoms with van der Waals surface area (Å²) in [6, 6.07) is 18.1. The van der Waals surface area contributed by atoms with Crippen LogP contribution < -0.4 is 14.2 Å². The van der Waals surface area contributed by atoms with E-state index in [4.69, 9.17) is 21.1 Å². The summed E-state index contributed by atoms with van der Waals surface area (Å²) in [4.78, 5) is 21.1. The lowest BCUT2D eigenvalue weighted by Crippen LogP contribution is -2.48. The van der Waals surface area contributed by atoms with Gasteiger partial charge in [0.25, 0.3) is 15.9 Å². The van der Waals surface area contributed by atoms with E-state index in [0.717, 1.165) is 17.0 Å². The zero-order valence-electron chi connectivity index (χ0n) is 27.7. The number of piperazine rings is 1. The van der Waals surface area contributed by atoms with Crippen LogP contribution in [0.4, 0.5) is 32.0 Å². The van der Waals surface area contributed by atoms with Crippen LogP contribution in [0.5, 0.6) is 17.4 Å². The fraction of sp³-hybridized carbons (Fsp3) is 0.257. The second-order valence-electron chi connectivity index (χ2n) is 12.2. The summed E-state index contributed by atoms with van der Waals surface area (Å²) in [6.07, 6.45) is -7.92. The minimum atomic E-state index is -4.69. The predicted octanol–water partition coefficient (Wildman–Crippen LogP) is 7.74. The minimum absolute atomic E-state index is 0.0160. The number of ether oxygens (including phenoxy) is 2. The zero-order valence-corrected chi connectivity index (χ0v) is 29.3. The highest BCUT2D eigenvalue weighted by atomic mass is 35.5. The van der Waals surface area contributed by atoms with Crippen LogP contribution in [0.1, 0.15) is 21.6 Å². The summed E-state index contributed by atoms with van der Waals surface area (Å²) < 4.78 is 116. The Morgan fingerprint density at radius 2 is 1.58 bits per heavy atom. The smallest absolute Gasteiger partial charge is 0.422 e. The van der Waals surface area contributed by atoms with Crippen molar-refractivity contribution in [3.05, 3.63) is 107 Å². The number of benzene rings is 3. The normalized spacial score (nSPS) is 14.4. The highest BCUT2D eigenvalue weighted by molar-refractivity contribution is 7.92. The van der Waals surface area contributed by atoms with Crippen molar-refractivity contribution in [2.24, 2.45) is 7.05 Å². The van der Waals surface area contributed by atoms with Gasteiger partial charge in [-0.15, -0.1) is 0 Å². The van der Waals surface area contributed by atoms with Gasteiger partial charge in [0.2, 0.25) is 5.88 Å². The number of aromatic nitrogens is 2. The molecule has 280 valence electrons. The second kappa shape index (κ2) is 14.8. The average molecular weight is 782 g/mol. The molecule has 1 aliphatic heterocycles. The SMILES string of the molecule is Cn1c(C(=O)N2CCN(Cc3ccc(OCC(F)(F)F)cc3)CC2)cc2ccc(Oc3ccc(NS(=O)(=O)c4ccc(C(F)(F)F)cc4Cl)cn3)cc21. The summed E-state index contributed by atoms with van der Waals surface area (Å²) >= 11 is 5.86. The van der Waals surface area contributed by atoms with Crippen molar-refractivity contribution in [3.63, 3.8) is 0 Å². The number of carbonyl (C=O) groups excluding carboxylic acids is 1. The van der Waals surface area contributed by atoms with Gasteiger partial charge in [-0.05, 0) is 60.2 Å².